The van der Waals surface area contributed by atoms with Crippen LogP contribution in [0.5, 0.6) is 0 Å². The Balaban J connectivity index is 1.64. The Bertz CT molecular complexity index is 865. The van der Waals surface area contributed by atoms with Crippen molar-refractivity contribution in [1.29, 1.82) is 0 Å². The third-order valence-corrected chi connectivity index (χ3v) is 3.78. The van der Waals surface area contributed by atoms with Crippen molar-refractivity contribution in [2.24, 2.45) is 0 Å². The quantitative estimate of drug-likeness (QED) is 0.814. The number of nitrogens with zero attached hydrogens (tertiary/aromatic N) is 1. The molecule has 0 spiro atoms. The standard InChI is InChI=1S/C19H16N2O6/c22-16-10-11-17(23)21(16)27-18(24)14-8-4-5-9-15(14)20-19(25)26-12-13-6-2-1-3-7-13/h1-9H,10-12H2,(H,20,25). The number of hydrogen-bond donors (Lipinski definition) is 1. The molecule has 138 valence electrons. The number of benzene rings is 2. The number of carbonyl (C=O) groups excluding carboxylic acids is 4. The molecule has 1 aliphatic rings. The van der Waals surface area contributed by atoms with Gasteiger partial charge in [-0.3, -0.25) is 14.9 Å². The molecule has 0 bridgehead atoms. The summed E-state index contributed by atoms with van der Waals surface area (Å²) in [6, 6.07) is 15.2. The second-order valence-corrected chi connectivity index (χ2v) is 5.69. The second-order valence-electron chi connectivity index (χ2n) is 5.69. The fourth-order valence-corrected chi connectivity index (χ4v) is 2.43. The van der Waals surface area contributed by atoms with Crippen LogP contribution in [0.25, 0.3) is 0 Å². The van der Waals surface area contributed by atoms with Gasteiger partial charge < -0.3 is 9.57 Å². The van der Waals surface area contributed by atoms with Crippen LogP contribution in [0.2, 0.25) is 0 Å². The van der Waals surface area contributed by atoms with Crippen LogP contribution in [0.1, 0.15) is 28.8 Å². The lowest BCUT2D eigenvalue weighted by Gasteiger charge is -2.15. The summed E-state index contributed by atoms with van der Waals surface area (Å²) in [4.78, 5) is 52.3. The maximum Gasteiger partial charge on any atom is 0.411 e. The van der Waals surface area contributed by atoms with Gasteiger partial charge in [0.2, 0.25) is 0 Å². The van der Waals surface area contributed by atoms with Gasteiger partial charge in [0.15, 0.2) is 0 Å². The first-order chi connectivity index (χ1) is 13.0. The van der Waals surface area contributed by atoms with E-state index in [0.717, 1.165) is 5.56 Å². The molecule has 1 saturated heterocycles. The fourth-order valence-electron chi connectivity index (χ4n) is 2.43. The molecule has 0 atom stereocenters. The molecule has 1 N–H and O–H groups in total. The molecule has 0 unspecified atom stereocenters. The summed E-state index contributed by atoms with van der Waals surface area (Å²) in [6.45, 7) is 0.0655. The highest BCUT2D eigenvalue weighted by molar-refractivity contribution is 6.04. The van der Waals surface area contributed by atoms with E-state index in [9.17, 15) is 19.2 Å². The van der Waals surface area contributed by atoms with Crippen LogP contribution in [-0.2, 0) is 25.8 Å². The lowest BCUT2D eigenvalue weighted by atomic mass is 10.2. The average molecular weight is 368 g/mol. The zero-order valence-electron chi connectivity index (χ0n) is 14.2. The van der Waals surface area contributed by atoms with Gasteiger partial charge >= 0.3 is 12.1 Å². The molecule has 3 amide bonds. The summed E-state index contributed by atoms with van der Waals surface area (Å²) in [5, 5.41) is 2.91. The summed E-state index contributed by atoms with van der Waals surface area (Å²) in [5.41, 5.74) is 0.938. The topological polar surface area (TPSA) is 102 Å². The molecule has 3 rings (SSSR count). The van der Waals surface area contributed by atoms with Crippen molar-refractivity contribution in [2.45, 2.75) is 19.4 Å². The zero-order chi connectivity index (χ0) is 19.2. The van der Waals surface area contributed by atoms with Crippen molar-refractivity contribution in [3.8, 4) is 0 Å². The van der Waals surface area contributed by atoms with Gasteiger partial charge in [0.1, 0.15) is 6.61 Å². The van der Waals surface area contributed by atoms with E-state index in [-0.39, 0.29) is 30.7 Å². The second kappa shape index (κ2) is 8.13. The van der Waals surface area contributed by atoms with Crippen LogP contribution >= 0.6 is 0 Å². The van der Waals surface area contributed by atoms with Crippen molar-refractivity contribution in [1.82, 2.24) is 5.06 Å². The molecular weight excluding hydrogens is 352 g/mol. The van der Waals surface area contributed by atoms with Crippen molar-refractivity contribution < 1.29 is 28.8 Å². The maximum atomic E-state index is 12.3. The Morgan fingerprint density at radius 1 is 0.926 bits per heavy atom. The van der Waals surface area contributed by atoms with Gasteiger partial charge in [-0.15, -0.1) is 5.06 Å². The summed E-state index contributed by atoms with van der Waals surface area (Å²) in [7, 11) is 0. The smallest absolute Gasteiger partial charge is 0.411 e. The minimum Gasteiger partial charge on any atom is -0.444 e. The number of rotatable bonds is 5. The third kappa shape index (κ3) is 4.49. The molecule has 0 aromatic heterocycles. The van der Waals surface area contributed by atoms with Gasteiger partial charge in [0.25, 0.3) is 11.8 Å². The Labute approximate surface area is 154 Å². The number of carbonyl (C=O) groups is 4. The first-order valence-corrected chi connectivity index (χ1v) is 8.19. The molecule has 27 heavy (non-hydrogen) atoms. The summed E-state index contributed by atoms with van der Waals surface area (Å²) < 4.78 is 5.11. The van der Waals surface area contributed by atoms with Crippen molar-refractivity contribution >= 4 is 29.6 Å². The number of nitrogens with one attached hydrogen (secondary N) is 1. The number of hydroxylamine groups is 2. The molecular formula is C19H16N2O6. The SMILES string of the molecule is O=C(Nc1ccccc1C(=O)ON1C(=O)CCC1=O)OCc1ccccc1. The average Bonchev–Trinajstić information content (AvgIpc) is 2.99. The first kappa shape index (κ1) is 18.1. The number of anilines is 1. The molecule has 0 radical (unpaired) electrons. The third-order valence-electron chi connectivity index (χ3n) is 3.78. The summed E-state index contributed by atoms with van der Waals surface area (Å²) >= 11 is 0. The number of para-hydroxylation sites is 1. The number of imide groups is 1. The van der Waals surface area contributed by atoms with E-state index in [4.69, 9.17) is 9.57 Å². The van der Waals surface area contributed by atoms with Gasteiger partial charge in [0, 0.05) is 12.8 Å². The highest BCUT2D eigenvalue weighted by Crippen LogP contribution is 2.20. The highest BCUT2D eigenvalue weighted by Gasteiger charge is 2.33. The van der Waals surface area contributed by atoms with E-state index < -0.39 is 23.9 Å². The van der Waals surface area contributed by atoms with Crippen LogP contribution in [0.15, 0.2) is 54.6 Å². The minimum atomic E-state index is -0.933. The van der Waals surface area contributed by atoms with Crippen LogP contribution in [0.3, 0.4) is 0 Å². The maximum absolute atomic E-state index is 12.3. The molecule has 1 aliphatic heterocycles. The predicted molar refractivity (Wildman–Crippen MR) is 93.2 cm³/mol. The summed E-state index contributed by atoms with van der Waals surface area (Å²) in [6.07, 6.45) is -0.761. The van der Waals surface area contributed by atoms with Gasteiger partial charge in [0.05, 0.1) is 11.3 Å². The van der Waals surface area contributed by atoms with Crippen LogP contribution in [0.4, 0.5) is 10.5 Å². The highest BCUT2D eigenvalue weighted by atomic mass is 16.7. The lowest BCUT2D eigenvalue weighted by molar-refractivity contribution is -0.172. The normalized spacial score (nSPS) is 13.4. The van der Waals surface area contributed by atoms with E-state index in [1.54, 1.807) is 12.1 Å². The largest absolute Gasteiger partial charge is 0.444 e. The van der Waals surface area contributed by atoms with Gasteiger partial charge in [-0.25, -0.2) is 9.59 Å². The molecule has 2 aromatic rings. The van der Waals surface area contributed by atoms with Crippen LogP contribution in [0, 0.1) is 0 Å². The van der Waals surface area contributed by atoms with Crippen LogP contribution in [-0.4, -0.2) is 28.9 Å². The van der Waals surface area contributed by atoms with Crippen molar-refractivity contribution in [2.75, 3.05) is 5.32 Å². The minimum absolute atomic E-state index is 0.00216. The van der Waals surface area contributed by atoms with Crippen LogP contribution < -0.4 is 5.32 Å². The Kier molecular flexibility index (Phi) is 5.46. The van der Waals surface area contributed by atoms with E-state index in [0.29, 0.717) is 5.06 Å². The number of hydrogen-bond acceptors (Lipinski definition) is 6. The van der Waals surface area contributed by atoms with E-state index in [1.807, 2.05) is 30.3 Å². The van der Waals surface area contributed by atoms with Gasteiger partial charge in [-0.2, -0.15) is 0 Å². The molecule has 2 aromatic carbocycles. The molecule has 8 heteroatoms. The lowest BCUT2D eigenvalue weighted by Crippen LogP contribution is -2.32. The molecule has 1 heterocycles. The molecule has 1 fully saturated rings. The Hall–Kier alpha value is -3.68. The van der Waals surface area contributed by atoms with Crippen molar-refractivity contribution in [3.05, 3.63) is 65.7 Å². The zero-order valence-corrected chi connectivity index (χ0v) is 14.2. The molecule has 0 saturated carbocycles. The predicted octanol–water partition coefficient (Wildman–Crippen LogP) is 2.66. The summed E-state index contributed by atoms with van der Waals surface area (Å²) in [5.74, 6) is -2.10. The first-order valence-electron chi connectivity index (χ1n) is 8.19. The van der Waals surface area contributed by atoms with E-state index in [1.165, 1.54) is 12.1 Å². The number of ether oxygens (including phenoxy) is 1. The Morgan fingerprint density at radius 2 is 1.56 bits per heavy atom. The monoisotopic (exact) mass is 368 g/mol. The van der Waals surface area contributed by atoms with E-state index >= 15 is 0 Å². The van der Waals surface area contributed by atoms with Crippen molar-refractivity contribution in [3.63, 3.8) is 0 Å². The fraction of sp³-hybridized carbons (Fsp3) is 0.158. The number of amides is 3. The van der Waals surface area contributed by atoms with Gasteiger partial charge in [-0.05, 0) is 17.7 Å². The van der Waals surface area contributed by atoms with Gasteiger partial charge in [-0.1, -0.05) is 42.5 Å². The molecule has 0 aliphatic carbocycles. The Morgan fingerprint density at radius 3 is 2.26 bits per heavy atom. The van der Waals surface area contributed by atoms with E-state index in [2.05, 4.69) is 5.32 Å². The molecule has 8 nitrogen and oxygen atoms in total.